The molecule has 1 aliphatic rings. The van der Waals surface area contributed by atoms with Crippen LogP contribution in [0, 0.1) is 5.82 Å². The van der Waals surface area contributed by atoms with E-state index in [1.165, 1.54) is 12.1 Å². The van der Waals surface area contributed by atoms with Gasteiger partial charge in [0.2, 0.25) is 0 Å². The molecule has 1 unspecified atom stereocenters. The minimum Gasteiger partial charge on any atom is -0.384 e. The molecule has 0 saturated carbocycles. The maximum Gasteiger partial charge on any atom is 0.123 e. The van der Waals surface area contributed by atoms with E-state index < -0.39 is 6.10 Å². The molecule has 0 fully saturated rings. The molecule has 1 atom stereocenters. The highest BCUT2D eigenvalue weighted by Gasteiger charge is 2.27. The molecule has 2 aromatic carbocycles. The second-order valence-electron chi connectivity index (χ2n) is 5.01. The van der Waals surface area contributed by atoms with Crippen molar-refractivity contribution in [1.29, 1.82) is 0 Å². The SMILES string of the molecule is OC1c2ccccc2-c2cc(Br)sc2-c2cc(F)ccc21. The number of hydrogen-bond acceptors (Lipinski definition) is 2. The summed E-state index contributed by atoms with van der Waals surface area (Å²) in [5, 5.41) is 10.7. The van der Waals surface area contributed by atoms with Gasteiger partial charge in [0.1, 0.15) is 11.9 Å². The van der Waals surface area contributed by atoms with Crippen LogP contribution in [0.3, 0.4) is 0 Å². The lowest BCUT2D eigenvalue weighted by molar-refractivity contribution is 0.221. The van der Waals surface area contributed by atoms with Gasteiger partial charge in [-0.2, -0.15) is 0 Å². The Balaban J connectivity index is 2.15. The second kappa shape index (κ2) is 4.77. The monoisotopic (exact) mass is 360 g/mol. The molecule has 1 aliphatic carbocycles. The smallest absolute Gasteiger partial charge is 0.123 e. The second-order valence-corrected chi connectivity index (χ2v) is 7.45. The van der Waals surface area contributed by atoms with E-state index in [0.29, 0.717) is 0 Å². The third kappa shape index (κ3) is 1.98. The van der Waals surface area contributed by atoms with Crippen molar-refractivity contribution >= 4 is 27.3 Å². The molecule has 0 saturated heterocycles. The molecule has 21 heavy (non-hydrogen) atoms. The van der Waals surface area contributed by atoms with Crippen molar-refractivity contribution in [1.82, 2.24) is 0 Å². The first-order chi connectivity index (χ1) is 10.1. The van der Waals surface area contributed by atoms with E-state index in [-0.39, 0.29) is 5.82 Å². The summed E-state index contributed by atoms with van der Waals surface area (Å²) in [4.78, 5) is 0.986. The lowest BCUT2D eigenvalue weighted by atomic mass is 9.96. The molecule has 0 radical (unpaired) electrons. The van der Waals surface area contributed by atoms with Crippen molar-refractivity contribution in [3.8, 4) is 21.6 Å². The van der Waals surface area contributed by atoms with Crippen LogP contribution in [0.15, 0.2) is 52.3 Å². The molecule has 1 aromatic heterocycles. The Labute approximate surface area is 133 Å². The Kier molecular flexibility index (Phi) is 2.99. The van der Waals surface area contributed by atoms with E-state index in [4.69, 9.17) is 0 Å². The zero-order valence-electron chi connectivity index (χ0n) is 10.8. The molecule has 1 N–H and O–H groups in total. The predicted octanol–water partition coefficient (Wildman–Crippen LogP) is 5.38. The molecule has 3 aromatic rings. The first kappa shape index (κ1) is 13.2. The van der Waals surface area contributed by atoms with E-state index in [1.807, 2.05) is 30.3 Å². The Morgan fingerprint density at radius 2 is 1.71 bits per heavy atom. The Morgan fingerprint density at radius 3 is 2.57 bits per heavy atom. The number of hydrogen-bond donors (Lipinski definition) is 1. The average Bonchev–Trinajstić information content (AvgIpc) is 2.84. The third-order valence-electron chi connectivity index (χ3n) is 3.80. The zero-order chi connectivity index (χ0) is 14.6. The maximum absolute atomic E-state index is 13.7. The van der Waals surface area contributed by atoms with Gasteiger partial charge in [-0.05, 0) is 50.8 Å². The third-order valence-corrected chi connectivity index (χ3v) is 5.47. The van der Waals surface area contributed by atoms with Gasteiger partial charge in [-0.15, -0.1) is 11.3 Å². The van der Waals surface area contributed by atoms with Crippen LogP contribution in [0.25, 0.3) is 21.6 Å². The summed E-state index contributed by atoms with van der Waals surface area (Å²) in [6.45, 7) is 0. The average molecular weight is 361 g/mol. The summed E-state index contributed by atoms with van der Waals surface area (Å²) in [6.07, 6.45) is -0.741. The van der Waals surface area contributed by atoms with E-state index in [1.54, 1.807) is 17.4 Å². The summed E-state index contributed by atoms with van der Waals surface area (Å²) in [6, 6.07) is 14.4. The number of benzene rings is 2. The lowest BCUT2D eigenvalue weighted by Crippen LogP contribution is -2.01. The van der Waals surface area contributed by atoms with Gasteiger partial charge in [0.05, 0.1) is 3.79 Å². The molecule has 0 spiro atoms. The van der Waals surface area contributed by atoms with Crippen LogP contribution in [0.5, 0.6) is 0 Å². The van der Waals surface area contributed by atoms with E-state index in [0.717, 1.165) is 36.5 Å². The maximum atomic E-state index is 13.7. The topological polar surface area (TPSA) is 20.2 Å². The molecule has 0 bridgehead atoms. The lowest BCUT2D eigenvalue weighted by Gasteiger charge is -2.14. The largest absolute Gasteiger partial charge is 0.384 e. The van der Waals surface area contributed by atoms with Gasteiger partial charge in [0, 0.05) is 16.0 Å². The van der Waals surface area contributed by atoms with Gasteiger partial charge in [0.25, 0.3) is 0 Å². The molecule has 104 valence electrons. The highest BCUT2D eigenvalue weighted by molar-refractivity contribution is 9.11. The van der Waals surface area contributed by atoms with Crippen molar-refractivity contribution in [3.63, 3.8) is 0 Å². The quantitative estimate of drug-likeness (QED) is 0.570. The summed E-state index contributed by atoms with van der Waals surface area (Å²) in [7, 11) is 0. The highest BCUT2D eigenvalue weighted by Crippen LogP contribution is 2.49. The van der Waals surface area contributed by atoms with Crippen LogP contribution < -0.4 is 0 Å². The first-order valence-electron chi connectivity index (χ1n) is 6.51. The van der Waals surface area contributed by atoms with Crippen molar-refractivity contribution in [3.05, 3.63) is 69.3 Å². The van der Waals surface area contributed by atoms with Crippen LogP contribution in [0.4, 0.5) is 4.39 Å². The summed E-state index contributed by atoms with van der Waals surface area (Å²) >= 11 is 5.08. The van der Waals surface area contributed by atoms with Gasteiger partial charge in [-0.1, -0.05) is 30.3 Å². The molecule has 1 nitrogen and oxygen atoms in total. The summed E-state index contributed by atoms with van der Waals surface area (Å²) in [5.41, 5.74) is 4.40. The molecular formula is C17H10BrFOS. The van der Waals surface area contributed by atoms with Gasteiger partial charge in [0.15, 0.2) is 0 Å². The van der Waals surface area contributed by atoms with Crippen LogP contribution in [-0.2, 0) is 0 Å². The van der Waals surface area contributed by atoms with E-state index in [9.17, 15) is 9.50 Å². The van der Waals surface area contributed by atoms with Gasteiger partial charge in [-0.25, -0.2) is 4.39 Å². The molecule has 0 amide bonds. The molecular weight excluding hydrogens is 351 g/mol. The highest BCUT2D eigenvalue weighted by atomic mass is 79.9. The van der Waals surface area contributed by atoms with Gasteiger partial charge >= 0.3 is 0 Å². The summed E-state index contributed by atoms with van der Waals surface area (Å²) in [5.74, 6) is -0.289. The van der Waals surface area contributed by atoms with Crippen LogP contribution in [0.1, 0.15) is 17.2 Å². The first-order valence-corrected chi connectivity index (χ1v) is 8.12. The van der Waals surface area contributed by atoms with Gasteiger partial charge < -0.3 is 5.11 Å². The molecule has 4 rings (SSSR count). The Bertz CT molecular complexity index is 856. The number of thiophene rings is 1. The molecule has 1 heterocycles. The standard InChI is InChI=1S/C17H10BrFOS/c18-15-8-14-10-3-1-2-4-11(10)16(20)12-6-5-9(19)7-13(12)17(14)21-15/h1-8,16,20H. The fourth-order valence-corrected chi connectivity index (χ4v) is 4.52. The number of fused-ring (bicyclic) bond motifs is 5. The Morgan fingerprint density at radius 1 is 0.952 bits per heavy atom. The van der Waals surface area contributed by atoms with Crippen LogP contribution >= 0.6 is 27.3 Å². The van der Waals surface area contributed by atoms with Crippen molar-refractivity contribution in [2.75, 3.05) is 0 Å². The van der Waals surface area contributed by atoms with Gasteiger partial charge in [-0.3, -0.25) is 0 Å². The fourth-order valence-electron chi connectivity index (χ4n) is 2.87. The van der Waals surface area contributed by atoms with Crippen molar-refractivity contribution in [2.45, 2.75) is 6.10 Å². The minimum atomic E-state index is -0.741. The molecule has 4 heteroatoms. The van der Waals surface area contributed by atoms with Crippen LogP contribution in [-0.4, -0.2) is 5.11 Å². The minimum absolute atomic E-state index is 0.289. The molecule has 0 aliphatic heterocycles. The fraction of sp³-hybridized carbons (Fsp3) is 0.0588. The normalized spacial score (nSPS) is 15.9. The van der Waals surface area contributed by atoms with Crippen molar-refractivity contribution in [2.24, 2.45) is 0 Å². The zero-order valence-corrected chi connectivity index (χ0v) is 13.2. The predicted molar refractivity (Wildman–Crippen MR) is 86.9 cm³/mol. The van der Waals surface area contributed by atoms with Crippen LogP contribution in [0.2, 0.25) is 0 Å². The number of aliphatic hydroxyl groups excluding tert-OH is 1. The van der Waals surface area contributed by atoms with E-state index in [2.05, 4.69) is 15.9 Å². The number of aliphatic hydroxyl groups is 1. The summed E-state index contributed by atoms with van der Waals surface area (Å²) < 4.78 is 14.7. The van der Waals surface area contributed by atoms with Crippen molar-refractivity contribution < 1.29 is 9.50 Å². The number of rotatable bonds is 0. The van der Waals surface area contributed by atoms with E-state index >= 15 is 0 Å². The Hall–Kier alpha value is -1.49. The number of halogens is 2.